The number of carbonyl (C=O) groups excluding carboxylic acids is 1. The number of aliphatic carboxylic acids is 1. The number of hydrogen-bond donors (Lipinski definition) is 6. The van der Waals surface area contributed by atoms with Crippen molar-refractivity contribution in [3.8, 4) is 28.7 Å². The van der Waals surface area contributed by atoms with Gasteiger partial charge in [-0.25, -0.2) is 10.2 Å². The summed E-state index contributed by atoms with van der Waals surface area (Å²) < 4.78 is 12.1. The molecule has 0 saturated heterocycles. The summed E-state index contributed by atoms with van der Waals surface area (Å²) in [5, 5.41) is 39.4. The van der Waals surface area contributed by atoms with Crippen LogP contribution < -0.4 is 15.6 Å². The van der Waals surface area contributed by atoms with Crippen LogP contribution in [0.3, 0.4) is 0 Å². The van der Waals surface area contributed by atoms with Gasteiger partial charge in [-0.05, 0) is 48.0 Å². The summed E-state index contributed by atoms with van der Waals surface area (Å²) in [4.78, 5) is 25.4. The molecule has 1 atom stereocenters. The highest BCUT2D eigenvalue weighted by Gasteiger charge is 2.54. The molecule has 0 unspecified atom stereocenters. The van der Waals surface area contributed by atoms with Gasteiger partial charge in [-0.2, -0.15) is 0 Å². The van der Waals surface area contributed by atoms with E-state index in [2.05, 4.69) is 10.9 Å². The van der Waals surface area contributed by atoms with Crippen molar-refractivity contribution >= 4 is 17.6 Å². The molecular weight excluding hydrogens is 504 g/mol. The molecule has 0 saturated carbocycles. The van der Waals surface area contributed by atoms with Gasteiger partial charge in [-0.1, -0.05) is 24.3 Å². The molecule has 2 heterocycles. The molecule has 0 aliphatic carbocycles. The molecule has 2 aliphatic heterocycles. The number of benzene rings is 4. The standard InChI is InChI=1S/C29H22N2O8/c32-16-6-4-15(5-7-16)12-23(27(35)36)31-30-22-3-1-2-21-26(22)28(37)39-29(21)19-10-8-17(33)13-24(19)38-25-14-18(34)9-11-20(25)29/h1-11,13-14,23,30-34H,12H2,(H,35,36)/t23-/m0/s1. The van der Waals surface area contributed by atoms with Crippen molar-refractivity contribution in [1.82, 2.24) is 5.43 Å². The third kappa shape index (κ3) is 3.94. The number of hydrazine groups is 1. The highest BCUT2D eigenvalue weighted by Crippen LogP contribution is 2.57. The summed E-state index contributed by atoms with van der Waals surface area (Å²) >= 11 is 0. The zero-order valence-corrected chi connectivity index (χ0v) is 20.2. The van der Waals surface area contributed by atoms with Crippen molar-refractivity contribution in [2.75, 3.05) is 5.43 Å². The lowest BCUT2D eigenvalue weighted by molar-refractivity contribution is -0.139. The number of esters is 1. The Bertz CT molecular complexity index is 1580. The van der Waals surface area contributed by atoms with Gasteiger partial charge in [0.1, 0.15) is 34.8 Å². The Labute approximate surface area is 221 Å². The summed E-state index contributed by atoms with van der Waals surface area (Å²) in [6.07, 6.45) is 0.108. The molecule has 6 N–H and O–H groups in total. The number of nitrogens with one attached hydrogen (secondary N) is 2. The van der Waals surface area contributed by atoms with E-state index in [-0.39, 0.29) is 40.7 Å². The number of carbonyl (C=O) groups is 2. The number of phenolic OH excluding ortho intramolecular Hbond substituents is 3. The third-order valence-corrected chi connectivity index (χ3v) is 6.86. The first kappa shape index (κ1) is 24.1. The summed E-state index contributed by atoms with van der Waals surface area (Å²) in [6, 6.07) is 19.2. The molecule has 0 bridgehead atoms. The molecule has 0 aromatic heterocycles. The van der Waals surface area contributed by atoms with Gasteiger partial charge in [0.2, 0.25) is 0 Å². The first-order chi connectivity index (χ1) is 18.8. The summed E-state index contributed by atoms with van der Waals surface area (Å²) in [6.45, 7) is 0. The van der Waals surface area contributed by atoms with Crippen molar-refractivity contribution < 1.29 is 39.5 Å². The monoisotopic (exact) mass is 526 g/mol. The Balaban J connectivity index is 1.40. The number of rotatable bonds is 6. The predicted octanol–water partition coefficient (Wildman–Crippen LogP) is 3.98. The summed E-state index contributed by atoms with van der Waals surface area (Å²) in [5.41, 5.74) is 6.85. The highest BCUT2D eigenvalue weighted by molar-refractivity contribution is 6.02. The quantitative estimate of drug-likeness (QED) is 0.160. The second-order valence-corrected chi connectivity index (χ2v) is 9.29. The molecule has 10 nitrogen and oxygen atoms in total. The maximum Gasteiger partial charge on any atom is 0.342 e. The fraction of sp³-hybridized carbons (Fsp3) is 0.103. The van der Waals surface area contributed by atoms with Crippen LogP contribution in [-0.4, -0.2) is 38.4 Å². The van der Waals surface area contributed by atoms with E-state index in [9.17, 15) is 30.0 Å². The maximum absolute atomic E-state index is 13.4. The van der Waals surface area contributed by atoms with Crippen LogP contribution in [0.15, 0.2) is 78.9 Å². The molecule has 196 valence electrons. The smallest absolute Gasteiger partial charge is 0.342 e. The van der Waals surface area contributed by atoms with Crippen molar-refractivity contribution in [2.24, 2.45) is 0 Å². The minimum Gasteiger partial charge on any atom is -0.508 e. The molecule has 39 heavy (non-hydrogen) atoms. The lowest BCUT2D eigenvalue weighted by Gasteiger charge is -2.36. The van der Waals surface area contributed by atoms with E-state index in [1.54, 1.807) is 42.5 Å². The van der Waals surface area contributed by atoms with Crippen LogP contribution in [0.2, 0.25) is 0 Å². The lowest BCUT2D eigenvalue weighted by Crippen LogP contribution is -2.42. The SMILES string of the molecule is O=C1OC2(c3ccc(O)cc3Oc3cc(O)ccc32)c2cccc(NN[C@@H](Cc3ccc(O)cc3)C(=O)O)c21. The van der Waals surface area contributed by atoms with Crippen LogP contribution in [-0.2, 0) is 21.6 Å². The number of hydrogen-bond acceptors (Lipinski definition) is 9. The number of fused-ring (bicyclic) bond motifs is 6. The van der Waals surface area contributed by atoms with Gasteiger partial charge in [-0.3, -0.25) is 4.79 Å². The van der Waals surface area contributed by atoms with Crippen molar-refractivity contribution in [1.29, 1.82) is 0 Å². The van der Waals surface area contributed by atoms with Crippen LogP contribution in [0.1, 0.15) is 32.6 Å². The number of anilines is 1. The number of phenols is 3. The second-order valence-electron chi connectivity index (χ2n) is 9.29. The number of aromatic hydroxyl groups is 3. The van der Waals surface area contributed by atoms with Gasteiger partial charge >= 0.3 is 11.9 Å². The van der Waals surface area contributed by atoms with Crippen molar-refractivity contribution in [2.45, 2.75) is 18.1 Å². The Morgan fingerprint density at radius 3 is 2.05 bits per heavy atom. The van der Waals surface area contributed by atoms with E-state index in [4.69, 9.17) is 9.47 Å². The fourth-order valence-electron chi connectivity index (χ4n) is 5.08. The number of ether oxygens (including phenoxy) is 2. The molecule has 10 heteroatoms. The fourth-order valence-corrected chi connectivity index (χ4v) is 5.08. The zero-order valence-electron chi connectivity index (χ0n) is 20.2. The first-order valence-electron chi connectivity index (χ1n) is 12.0. The van der Waals surface area contributed by atoms with Crippen LogP contribution >= 0.6 is 0 Å². The average Bonchev–Trinajstić information content (AvgIpc) is 3.20. The van der Waals surface area contributed by atoms with Gasteiger partial charge < -0.3 is 35.3 Å². The van der Waals surface area contributed by atoms with E-state index in [1.165, 1.54) is 36.4 Å². The normalized spacial score (nSPS) is 14.9. The Morgan fingerprint density at radius 2 is 1.44 bits per heavy atom. The van der Waals surface area contributed by atoms with Crippen LogP contribution in [0.25, 0.3) is 0 Å². The Morgan fingerprint density at radius 1 is 0.821 bits per heavy atom. The van der Waals surface area contributed by atoms with Crippen molar-refractivity contribution in [3.63, 3.8) is 0 Å². The molecular formula is C29H22N2O8. The van der Waals surface area contributed by atoms with Crippen LogP contribution in [0.5, 0.6) is 28.7 Å². The summed E-state index contributed by atoms with van der Waals surface area (Å²) in [5.74, 6) is -1.29. The first-order valence-corrected chi connectivity index (χ1v) is 12.0. The Kier molecular flexibility index (Phi) is 5.55. The largest absolute Gasteiger partial charge is 0.508 e. The molecule has 4 aromatic rings. The topological polar surface area (TPSA) is 158 Å². The highest BCUT2D eigenvalue weighted by atomic mass is 16.6. The molecule has 0 fully saturated rings. The van der Waals surface area contributed by atoms with E-state index >= 15 is 0 Å². The van der Waals surface area contributed by atoms with Gasteiger partial charge in [-0.15, -0.1) is 0 Å². The van der Waals surface area contributed by atoms with Crippen LogP contribution in [0, 0.1) is 0 Å². The third-order valence-electron chi connectivity index (χ3n) is 6.86. The zero-order chi connectivity index (χ0) is 27.3. The van der Waals surface area contributed by atoms with Crippen molar-refractivity contribution in [3.05, 3.63) is 107 Å². The van der Waals surface area contributed by atoms with Crippen LogP contribution in [0.4, 0.5) is 5.69 Å². The Hall–Kier alpha value is -5.22. The number of carboxylic acids is 1. The minimum atomic E-state index is -1.44. The number of carboxylic acid groups (broad SMARTS) is 1. The van der Waals surface area contributed by atoms with Gasteiger partial charge in [0.25, 0.3) is 0 Å². The molecule has 6 rings (SSSR count). The van der Waals surface area contributed by atoms with Gasteiger partial charge in [0.05, 0.1) is 11.3 Å². The minimum absolute atomic E-state index is 0.0509. The average molecular weight is 527 g/mol. The summed E-state index contributed by atoms with van der Waals surface area (Å²) in [7, 11) is 0. The molecule has 2 aliphatic rings. The van der Waals surface area contributed by atoms with E-state index in [1.807, 2.05) is 0 Å². The van der Waals surface area contributed by atoms with Gasteiger partial charge in [0, 0.05) is 35.2 Å². The van der Waals surface area contributed by atoms with E-state index in [0.29, 0.717) is 27.9 Å². The van der Waals surface area contributed by atoms with E-state index < -0.39 is 23.6 Å². The molecule has 1 spiro atoms. The molecule has 0 amide bonds. The molecule has 0 radical (unpaired) electrons. The molecule has 4 aromatic carbocycles. The lowest BCUT2D eigenvalue weighted by atomic mass is 9.77. The second kappa shape index (κ2) is 8.96. The predicted molar refractivity (Wildman–Crippen MR) is 138 cm³/mol. The van der Waals surface area contributed by atoms with E-state index in [0.717, 1.165) is 0 Å². The maximum atomic E-state index is 13.4. The van der Waals surface area contributed by atoms with Gasteiger partial charge in [0.15, 0.2) is 5.60 Å².